The number of anilines is 1. The Hall–Kier alpha value is -3.25. The van der Waals surface area contributed by atoms with E-state index in [0.717, 1.165) is 70.8 Å². The van der Waals surface area contributed by atoms with Gasteiger partial charge in [-0.1, -0.05) is 50.2 Å². The first-order valence-electron chi connectivity index (χ1n) is 13.5. The molecular formula is C32H39FN2O3. The molecule has 1 aromatic heterocycles. The highest BCUT2D eigenvalue weighted by Crippen LogP contribution is 2.41. The summed E-state index contributed by atoms with van der Waals surface area (Å²) in [7, 11) is 0. The van der Waals surface area contributed by atoms with E-state index in [1.807, 2.05) is 20.8 Å². The number of aryl methyl sites for hydroxylation is 2. The molecular weight excluding hydrogens is 479 g/mol. The molecule has 2 heterocycles. The first kappa shape index (κ1) is 27.8. The fourth-order valence-corrected chi connectivity index (χ4v) is 5.10. The Labute approximate surface area is 226 Å². The van der Waals surface area contributed by atoms with Crippen LogP contribution in [0, 0.1) is 25.1 Å². The van der Waals surface area contributed by atoms with Gasteiger partial charge in [0.1, 0.15) is 5.82 Å². The van der Waals surface area contributed by atoms with E-state index in [4.69, 9.17) is 14.5 Å². The topological polar surface area (TPSA) is 51.7 Å². The van der Waals surface area contributed by atoms with Crippen LogP contribution in [0.25, 0.3) is 11.1 Å². The highest BCUT2D eigenvalue weighted by Gasteiger charge is 2.30. The van der Waals surface area contributed by atoms with Gasteiger partial charge in [0, 0.05) is 35.6 Å². The number of benzene rings is 2. The molecule has 0 amide bonds. The molecule has 1 fully saturated rings. The number of hydrogen-bond donors (Lipinski definition) is 0. The Morgan fingerprint density at radius 1 is 0.947 bits per heavy atom. The Bertz CT molecular complexity index is 1240. The number of carbonyl (C=O) groups is 1. The third kappa shape index (κ3) is 6.79. The Balaban J connectivity index is 1.62. The number of rotatable bonds is 9. The third-order valence-corrected chi connectivity index (χ3v) is 7.41. The summed E-state index contributed by atoms with van der Waals surface area (Å²) in [4.78, 5) is 19.9. The van der Waals surface area contributed by atoms with Crippen LogP contribution < -0.4 is 4.90 Å². The zero-order valence-electron chi connectivity index (χ0n) is 23.3. The van der Waals surface area contributed by atoms with Gasteiger partial charge in [-0.3, -0.25) is 9.78 Å². The zero-order valence-corrected chi connectivity index (χ0v) is 23.3. The lowest BCUT2D eigenvalue weighted by Gasteiger charge is -2.40. The van der Waals surface area contributed by atoms with Gasteiger partial charge in [-0.05, 0) is 67.9 Å². The fourth-order valence-electron chi connectivity index (χ4n) is 5.10. The molecule has 0 radical (unpaired) electrons. The zero-order chi connectivity index (χ0) is 27.3. The van der Waals surface area contributed by atoms with E-state index in [2.05, 4.69) is 43.0 Å². The van der Waals surface area contributed by atoms with Crippen molar-refractivity contribution in [2.45, 2.75) is 67.1 Å². The van der Waals surface area contributed by atoms with Crippen LogP contribution in [-0.4, -0.2) is 30.6 Å². The van der Waals surface area contributed by atoms with E-state index in [-0.39, 0.29) is 18.2 Å². The number of hydrogen-bond acceptors (Lipinski definition) is 5. The van der Waals surface area contributed by atoms with E-state index in [9.17, 15) is 9.18 Å². The van der Waals surface area contributed by atoms with Crippen molar-refractivity contribution >= 4 is 11.7 Å². The molecule has 1 saturated heterocycles. The third-order valence-electron chi connectivity index (χ3n) is 7.41. The predicted molar refractivity (Wildman–Crippen MR) is 150 cm³/mol. The molecule has 0 spiro atoms. The van der Waals surface area contributed by atoms with Crippen LogP contribution in [-0.2, 0) is 33.9 Å². The van der Waals surface area contributed by atoms with E-state index >= 15 is 0 Å². The molecule has 38 heavy (non-hydrogen) atoms. The number of aromatic nitrogens is 1. The van der Waals surface area contributed by atoms with Crippen LogP contribution in [0.2, 0.25) is 0 Å². The predicted octanol–water partition coefficient (Wildman–Crippen LogP) is 6.95. The quantitative estimate of drug-likeness (QED) is 0.287. The summed E-state index contributed by atoms with van der Waals surface area (Å²) in [5.41, 5.74) is 8.35. The first-order valence-corrected chi connectivity index (χ1v) is 13.5. The molecule has 6 heteroatoms. The van der Waals surface area contributed by atoms with Gasteiger partial charge in [-0.25, -0.2) is 4.39 Å². The highest BCUT2D eigenvalue weighted by atomic mass is 19.1. The number of piperidine rings is 1. The maximum Gasteiger partial charge on any atom is 0.310 e. The van der Waals surface area contributed by atoms with E-state index in [1.54, 1.807) is 12.1 Å². The molecule has 0 aliphatic carbocycles. The van der Waals surface area contributed by atoms with Gasteiger partial charge in [0.2, 0.25) is 0 Å². The molecule has 4 rings (SSSR count). The minimum atomic E-state index is -0.247. The Morgan fingerprint density at radius 3 is 2.11 bits per heavy atom. The minimum absolute atomic E-state index is 0.213. The van der Waals surface area contributed by atoms with E-state index < -0.39 is 0 Å². The smallest absolute Gasteiger partial charge is 0.310 e. The van der Waals surface area contributed by atoms with Crippen molar-refractivity contribution in [1.29, 1.82) is 0 Å². The van der Waals surface area contributed by atoms with Gasteiger partial charge in [-0.15, -0.1) is 0 Å². The monoisotopic (exact) mass is 518 g/mol. The number of halogens is 1. The lowest BCUT2D eigenvalue weighted by Crippen LogP contribution is -2.38. The van der Waals surface area contributed by atoms with Gasteiger partial charge in [0.25, 0.3) is 0 Å². The summed E-state index contributed by atoms with van der Waals surface area (Å²) in [6.45, 7) is 13.7. The molecule has 0 bridgehead atoms. The second kappa shape index (κ2) is 12.1. The highest BCUT2D eigenvalue weighted by molar-refractivity contribution is 5.86. The van der Waals surface area contributed by atoms with Crippen LogP contribution in [0.4, 0.5) is 10.1 Å². The molecule has 1 aliphatic heterocycles. The molecule has 202 valence electrons. The summed E-state index contributed by atoms with van der Waals surface area (Å²) in [6.07, 6.45) is 2.40. The van der Waals surface area contributed by atoms with Gasteiger partial charge >= 0.3 is 5.97 Å². The molecule has 0 saturated carbocycles. The molecule has 0 atom stereocenters. The number of pyridine rings is 1. The van der Waals surface area contributed by atoms with Gasteiger partial charge in [0.05, 0.1) is 31.9 Å². The summed E-state index contributed by atoms with van der Waals surface area (Å²) >= 11 is 0. The number of carbonyl (C=O) groups excluding carboxylic acids is 1. The van der Waals surface area contributed by atoms with Crippen LogP contribution in [0.15, 0.2) is 48.5 Å². The van der Waals surface area contributed by atoms with Crippen LogP contribution >= 0.6 is 0 Å². The second-order valence-electron chi connectivity index (χ2n) is 10.9. The Morgan fingerprint density at radius 2 is 1.53 bits per heavy atom. The summed E-state index contributed by atoms with van der Waals surface area (Å²) < 4.78 is 24.3. The van der Waals surface area contributed by atoms with Crippen LogP contribution in [0.3, 0.4) is 0 Å². The molecule has 5 nitrogen and oxygen atoms in total. The van der Waals surface area contributed by atoms with Gasteiger partial charge in [-0.2, -0.15) is 0 Å². The van der Waals surface area contributed by atoms with Crippen LogP contribution in [0.1, 0.15) is 61.7 Å². The van der Waals surface area contributed by atoms with Crippen molar-refractivity contribution in [2.75, 3.05) is 24.6 Å². The lowest BCUT2D eigenvalue weighted by atomic mass is 9.82. The summed E-state index contributed by atoms with van der Waals surface area (Å²) in [5.74, 6) is -0.470. The Kier molecular flexibility index (Phi) is 8.83. The van der Waals surface area contributed by atoms with Crippen LogP contribution in [0.5, 0.6) is 0 Å². The van der Waals surface area contributed by atoms with Crippen molar-refractivity contribution < 1.29 is 18.7 Å². The summed E-state index contributed by atoms with van der Waals surface area (Å²) in [5, 5.41) is 0. The fraction of sp³-hybridized carbons (Fsp3) is 0.438. The average molecular weight is 519 g/mol. The number of esters is 1. The maximum absolute atomic E-state index is 13.1. The maximum atomic E-state index is 13.1. The van der Waals surface area contributed by atoms with Crippen molar-refractivity contribution in [1.82, 2.24) is 4.98 Å². The molecule has 0 N–H and O–H groups in total. The van der Waals surface area contributed by atoms with Gasteiger partial charge < -0.3 is 14.4 Å². The van der Waals surface area contributed by atoms with Crippen molar-refractivity contribution in [2.24, 2.45) is 5.41 Å². The van der Waals surface area contributed by atoms with Crippen molar-refractivity contribution in [3.05, 3.63) is 82.4 Å². The molecule has 0 unspecified atom stereocenters. The number of nitrogens with zero attached hydrogens (tertiary/aromatic N) is 2. The molecule has 1 aliphatic rings. The normalized spacial score (nSPS) is 14.9. The van der Waals surface area contributed by atoms with Crippen molar-refractivity contribution in [3.8, 4) is 11.1 Å². The molecule has 2 aromatic carbocycles. The number of ether oxygens (including phenoxy) is 2. The standard InChI is InChI=1S/C32H39FN2O3/c1-6-38-29(36)19-28-22(2)34-23(3)30(31(28)35-17-15-32(4,5)16-18-35)26-11-7-24(8-12-26)20-37-21-25-9-13-27(33)14-10-25/h7-14H,6,15-21H2,1-5H3. The van der Waals surface area contributed by atoms with E-state index in [1.165, 1.54) is 12.1 Å². The van der Waals surface area contributed by atoms with Crippen molar-refractivity contribution in [3.63, 3.8) is 0 Å². The van der Waals surface area contributed by atoms with Gasteiger partial charge in [0.15, 0.2) is 0 Å². The lowest BCUT2D eigenvalue weighted by molar-refractivity contribution is -0.142. The largest absolute Gasteiger partial charge is 0.466 e. The first-order chi connectivity index (χ1) is 18.2. The minimum Gasteiger partial charge on any atom is -0.466 e. The van der Waals surface area contributed by atoms with E-state index in [0.29, 0.717) is 25.2 Å². The SMILES string of the molecule is CCOC(=O)Cc1c(C)nc(C)c(-c2ccc(COCc3ccc(F)cc3)cc2)c1N1CCC(C)(C)CC1. The molecule has 3 aromatic rings. The second-order valence-corrected chi connectivity index (χ2v) is 10.9. The average Bonchev–Trinajstić information content (AvgIpc) is 2.88. The summed E-state index contributed by atoms with van der Waals surface area (Å²) in [6, 6.07) is 14.8.